The lowest BCUT2D eigenvalue weighted by Crippen LogP contribution is -2.54. The number of carbonyl (C=O) groups is 3. The minimum absolute atomic E-state index is 0.00283. The number of fused-ring (bicyclic) bond motifs is 1. The lowest BCUT2D eigenvalue weighted by atomic mass is 9.95. The predicted octanol–water partition coefficient (Wildman–Crippen LogP) is 6.43. The molecule has 0 atom stereocenters. The Morgan fingerprint density at radius 2 is 1.71 bits per heavy atom. The maximum absolute atomic E-state index is 13.8. The highest BCUT2D eigenvalue weighted by Gasteiger charge is 2.35. The van der Waals surface area contributed by atoms with E-state index < -0.39 is 11.8 Å². The molecule has 1 aliphatic carbocycles. The molecule has 0 spiro atoms. The van der Waals surface area contributed by atoms with E-state index in [9.17, 15) is 14.4 Å². The summed E-state index contributed by atoms with van der Waals surface area (Å²) in [4.78, 5) is 43.0. The third-order valence-electron chi connectivity index (χ3n) is 7.78. The molecule has 1 aliphatic heterocycles. The molecule has 1 saturated heterocycles. The Kier molecular flexibility index (Phi) is 7.38. The molecule has 212 valence electrons. The number of thiocarbonyl (C=S) groups is 1. The molecule has 0 radical (unpaired) electrons. The molecule has 7 nitrogen and oxygen atoms in total. The monoisotopic (exact) mass is 594 g/mol. The molecule has 4 aromatic rings. The van der Waals surface area contributed by atoms with Crippen LogP contribution in [0.15, 0.2) is 66.2 Å². The standard InChI is InChI=1S/C33H30N4O3S2/c1-19-13-15-24(16-14-19)37-31(40)26(29(38)35-33(37)41)18-22-17-20(2)36(21(22)3)32-28(25-11-7-8-12-27(25)42-32)30(39)34-23-9-5-4-6-10-23/h4-6,9-10,13-18H,7-8,11-12H2,1-3H3,(H,34,39)(H,35,38,41)/b26-18+. The quantitative estimate of drug-likeness (QED) is 0.159. The maximum atomic E-state index is 13.8. The number of aryl methyl sites for hydroxylation is 3. The van der Waals surface area contributed by atoms with Crippen LogP contribution in [0.1, 0.15) is 56.2 Å². The lowest BCUT2D eigenvalue weighted by Gasteiger charge is -2.29. The fourth-order valence-electron chi connectivity index (χ4n) is 5.65. The molecule has 0 unspecified atom stereocenters. The van der Waals surface area contributed by atoms with Gasteiger partial charge in [0, 0.05) is 22.0 Å². The molecular formula is C33H30N4O3S2. The molecule has 1 fully saturated rings. The number of hydrogen-bond acceptors (Lipinski definition) is 5. The van der Waals surface area contributed by atoms with E-state index in [2.05, 4.69) is 15.2 Å². The summed E-state index contributed by atoms with van der Waals surface area (Å²) >= 11 is 7.01. The number of anilines is 2. The van der Waals surface area contributed by atoms with Gasteiger partial charge in [0.15, 0.2) is 5.11 Å². The highest BCUT2D eigenvalue weighted by atomic mass is 32.1. The van der Waals surface area contributed by atoms with Crippen LogP contribution in [0.5, 0.6) is 0 Å². The molecule has 3 heterocycles. The Balaban J connectivity index is 1.41. The number of nitrogens with one attached hydrogen (secondary N) is 2. The van der Waals surface area contributed by atoms with Gasteiger partial charge in [0.05, 0.1) is 11.3 Å². The molecule has 2 aromatic heterocycles. The zero-order valence-corrected chi connectivity index (χ0v) is 25.2. The van der Waals surface area contributed by atoms with Crippen LogP contribution in [0.25, 0.3) is 11.1 Å². The summed E-state index contributed by atoms with van der Waals surface area (Å²) in [6.07, 6.45) is 5.59. The van der Waals surface area contributed by atoms with Gasteiger partial charge in [0.25, 0.3) is 17.7 Å². The zero-order chi connectivity index (χ0) is 29.5. The van der Waals surface area contributed by atoms with Gasteiger partial charge in [-0.05, 0) is 106 Å². The second-order valence-corrected chi connectivity index (χ2v) is 12.1. The van der Waals surface area contributed by atoms with Gasteiger partial charge in [-0.3, -0.25) is 24.6 Å². The molecule has 42 heavy (non-hydrogen) atoms. The smallest absolute Gasteiger partial charge is 0.270 e. The summed E-state index contributed by atoms with van der Waals surface area (Å²) in [6, 6.07) is 18.8. The van der Waals surface area contributed by atoms with E-state index in [4.69, 9.17) is 12.2 Å². The Bertz CT molecular complexity index is 1780. The van der Waals surface area contributed by atoms with Gasteiger partial charge in [-0.2, -0.15) is 0 Å². The first-order valence-corrected chi connectivity index (χ1v) is 15.1. The Morgan fingerprint density at radius 1 is 1.00 bits per heavy atom. The molecule has 6 rings (SSSR count). The van der Waals surface area contributed by atoms with Crippen LogP contribution in [-0.4, -0.2) is 27.4 Å². The number of benzene rings is 2. The van der Waals surface area contributed by atoms with Gasteiger partial charge in [0.1, 0.15) is 10.6 Å². The predicted molar refractivity (Wildman–Crippen MR) is 172 cm³/mol. The first-order valence-electron chi connectivity index (χ1n) is 13.9. The summed E-state index contributed by atoms with van der Waals surface area (Å²) in [7, 11) is 0. The van der Waals surface area contributed by atoms with Crippen LogP contribution < -0.4 is 15.5 Å². The molecule has 9 heteroatoms. The normalized spacial score (nSPS) is 16.0. The van der Waals surface area contributed by atoms with E-state index in [0.29, 0.717) is 11.3 Å². The van der Waals surface area contributed by atoms with Crippen LogP contribution in [0.4, 0.5) is 11.4 Å². The highest BCUT2D eigenvalue weighted by Crippen LogP contribution is 2.39. The lowest BCUT2D eigenvalue weighted by molar-refractivity contribution is -0.122. The number of aromatic nitrogens is 1. The SMILES string of the molecule is Cc1ccc(N2C(=O)/C(=C/c3cc(C)n(-c4sc5c(c4C(=O)Nc4ccccc4)CCCC5)c3C)C(=O)NC2=S)cc1. The largest absolute Gasteiger partial charge is 0.322 e. The molecule has 2 aliphatic rings. The molecular weight excluding hydrogens is 565 g/mol. The van der Waals surface area contributed by atoms with Gasteiger partial charge in [-0.1, -0.05) is 35.9 Å². The van der Waals surface area contributed by atoms with Crippen molar-refractivity contribution in [3.63, 3.8) is 0 Å². The number of amides is 3. The maximum Gasteiger partial charge on any atom is 0.270 e. The van der Waals surface area contributed by atoms with E-state index in [1.807, 2.05) is 69.3 Å². The molecule has 0 bridgehead atoms. The van der Waals surface area contributed by atoms with E-state index in [1.54, 1.807) is 29.5 Å². The molecule has 2 N–H and O–H groups in total. The number of nitrogens with zero attached hydrogens (tertiary/aromatic N) is 2. The zero-order valence-electron chi connectivity index (χ0n) is 23.6. The summed E-state index contributed by atoms with van der Waals surface area (Å²) in [5.74, 6) is -1.15. The van der Waals surface area contributed by atoms with E-state index in [0.717, 1.165) is 64.4 Å². The minimum atomic E-state index is -0.535. The fraction of sp³-hybridized carbons (Fsp3) is 0.212. The summed E-state index contributed by atoms with van der Waals surface area (Å²) in [5, 5.41) is 6.66. The van der Waals surface area contributed by atoms with Crippen molar-refractivity contribution >= 4 is 63.8 Å². The Hall–Kier alpha value is -4.34. The Labute approximate surface area is 253 Å². The van der Waals surface area contributed by atoms with Gasteiger partial charge >= 0.3 is 0 Å². The van der Waals surface area contributed by atoms with Crippen molar-refractivity contribution in [3.05, 3.63) is 105 Å². The van der Waals surface area contributed by atoms with Crippen LogP contribution >= 0.6 is 23.6 Å². The van der Waals surface area contributed by atoms with E-state index >= 15 is 0 Å². The van der Waals surface area contributed by atoms with Crippen molar-refractivity contribution in [2.24, 2.45) is 0 Å². The van der Waals surface area contributed by atoms with Crippen LogP contribution in [0, 0.1) is 20.8 Å². The average Bonchev–Trinajstić information content (AvgIpc) is 3.48. The van der Waals surface area contributed by atoms with Crippen LogP contribution in [-0.2, 0) is 22.4 Å². The second-order valence-electron chi connectivity index (χ2n) is 10.7. The highest BCUT2D eigenvalue weighted by molar-refractivity contribution is 7.80. The number of carbonyl (C=O) groups excluding carboxylic acids is 3. The summed E-state index contributed by atoms with van der Waals surface area (Å²) < 4.78 is 2.07. The van der Waals surface area contributed by atoms with Crippen molar-refractivity contribution in [1.29, 1.82) is 0 Å². The second kappa shape index (κ2) is 11.2. The molecule has 3 amide bonds. The third-order valence-corrected chi connectivity index (χ3v) is 9.34. The first-order chi connectivity index (χ1) is 20.2. The topological polar surface area (TPSA) is 83.4 Å². The van der Waals surface area contributed by atoms with Crippen molar-refractivity contribution in [1.82, 2.24) is 9.88 Å². The number of thiophene rings is 1. The van der Waals surface area contributed by atoms with Crippen molar-refractivity contribution in [2.75, 3.05) is 10.2 Å². The van der Waals surface area contributed by atoms with Crippen molar-refractivity contribution in [2.45, 2.75) is 46.5 Å². The Morgan fingerprint density at radius 3 is 2.45 bits per heavy atom. The van der Waals surface area contributed by atoms with Gasteiger partial charge in [-0.25, -0.2) is 0 Å². The number of hydrogen-bond donors (Lipinski definition) is 2. The first kappa shape index (κ1) is 27.8. The number of rotatable bonds is 5. The van der Waals surface area contributed by atoms with Crippen molar-refractivity contribution < 1.29 is 14.4 Å². The molecule has 2 aromatic carbocycles. The van der Waals surface area contributed by atoms with Crippen molar-refractivity contribution in [3.8, 4) is 5.00 Å². The summed E-state index contributed by atoms with van der Waals surface area (Å²) in [6.45, 7) is 5.89. The molecule has 0 saturated carbocycles. The van der Waals surface area contributed by atoms with Gasteiger partial charge in [-0.15, -0.1) is 11.3 Å². The number of para-hydroxylation sites is 1. The van der Waals surface area contributed by atoms with Crippen LogP contribution in [0.3, 0.4) is 0 Å². The fourth-order valence-corrected chi connectivity index (χ4v) is 7.42. The summed E-state index contributed by atoms with van der Waals surface area (Å²) in [5.41, 5.74) is 6.66. The third kappa shape index (κ3) is 4.99. The minimum Gasteiger partial charge on any atom is -0.322 e. The van der Waals surface area contributed by atoms with Gasteiger partial charge < -0.3 is 9.88 Å². The van der Waals surface area contributed by atoms with E-state index in [-0.39, 0.29) is 16.6 Å². The van der Waals surface area contributed by atoms with E-state index in [1.165, 1.54) is 9.78 Å². The average molecular weight is 595 g/mol. The van der Waals surface area contributed by atoms with Gasteiger partial charge in [0.2, 0.25) is 0 Å². The van der Waals surface area contributed by atoms with Crippen LogP contribution in [0.2, 0.25) is 0 Å².